The van der Waals surface area contributed by atoms with Crippen LogP contribution in [0.15, 0.2) is 0 Å². The summed E-state index contributed by atoms with van der Waals surface area (Å²) in [7, 11) is 0. The molecular weight excluding hydrogens is 344 g/mol. The highest BCUT2D eigenvalue weighted by Crippen LogP contribution is 2.02. The molecule has 0 aliphatic heterocycles. The zero-order chi connectivity index (χ0) is 20.1. The van der Waals surface area contributed by atoms with Crippen LogP contribution in [0.2, 0.25) is 0 Å². The predicted octanol–water partition coefficient (Wildman–Crippen LogP) is -2.41. The van der Waals surface area contributed by atoms with Crippen molar-refractivity contribution in [1.82, 2.24) is 21.3 Å². The van der Waals surface area contributed by atoms with Gasteiger partial charge in [-0.05, 0) is 25.7 Å². The zero-order valence-electron chi connectivity index (χ0n) is 14.7. The van der Waals surface area contributed by atoms with Gasteiger partial charge < -0.3 is 37.8 Å². The van der Waals surface area contributed by atoms with Crippen molar-refractivity contribution in [3.63, 3.8) is 0 Å². The Kier molecular flexibility index (Phi) is 10.9. The van der Waals surface area contributed by atoms with Gasteiger partial charge in [0.25, 0.3) is 0 Å². The van der Waals surface area contributed by atoms with Gasteiger partial charge in [-0.25, -0.2) is 4.79 Å². The standard InChI is InChI=1S/C14H28N8O4/c1-8(23)21-9(4-2-6-19-13(15)16)11(24)22-10(12(25)26)5-3-7-20-14(17)18/h9-10H,2-7H2,1H3,(H,21,23)(H,22,24)(H,25,26)(H4,15,16,19)(H4,17,18,20)/t9-,10+/m1/s1. The molecule has 0 rings (SSSR count). The molecule has 2 atom stereocenters. The number of carbonyl (C=O) groups excluding carboxylic acids is 2. The van der Waals surface area contributed by atoms with E-state index in [1.807, 2.05) is 0 Å². The lowest BCUT2D eigenvalue weighted by molar-refractivity contribution is -0.142. The molecule has 0 saturated carbocycles. The van der Waals surface area contributed by atoms with Gasteiger partial charge in [-0.2, -0.15) is 0 Å². The van der Waals surface area contributed by atoms with E-state index in [1.54, 1.807) is 0 Å². The van der Waals surface area contributed by atoms with Crippen molar-refractivity contribution in [2.45, 2.75) is 44.7 Å². The number of nitrogens with one attached hydrogen (secondary N) is 6. The monoisotopic (exact) mass is 372 g/mol. The summed E-state index contributed by atoms with van der Waals surface area (Å²) >= 11 is 0. The van der Waals surface area contributed by atoms with E-state index in [4.69, 9.17) is 22.3 Å². The topological polar surface area (TPSA) is 219 Å². The SMILES string of the molecule is CC(=O)N[C@H](CCCNC(=N)N)C(=O)N[C@@H](CCCNC(=N)N)C(=O)O. The quantitative estimate of drug-likeness (QED) is 0.102. The largest absolute Gasteiger partial charge is 0.480 e. The lowest BCUT2D eigenvalue weighted by atomic mass is 10.1. The molecule has 11 N–H and O–H groups in total. The second kappa shape index (κ2) is 12.3. The van der Waals surface area contributed by atoms with E-state index in [0.717, 1.165) is 0 Å². The van der Waals surface area contributed by atoms with E-state index in [2.05, 4.69) is 21.3 Å². The fraction of sp³-hybridized carbons (Fsp3) is 0.643. The van der Waals surface area contributed by atoms with E-state index in [9.17, 15) is 19.5 Å². The molecule has 0 saturated heterocycles. The third-order valence-corrected chi connectivity index (χ3v) is 3.28. The average Bonchev–Trinajstić information content (AvgIpc) is 2.51. The summed E-state index contributed by atoms with van der Waals surface area (Å²) in [6.45, 7) is 1.91. The molecule has 148 valence electrons. The Labute approximate surface area is 151 Å². The number of carboxylic acids is 1. The number of guanidine groups is 2. The number of hydrogen-bond acceptors (Lipinski definition) is 5. The maximum atomic E-state index is 12.3. The highest BCUT2D eigenvalue weighted by atomic mass is 16.4. The molecule has 0 aliphatic rings. The fourth-order valence-corrected chi connectivity index (χ4v) is 2.10. The van der Waals surface area contributed by atoms with Gasteiger partial charge in [0.05, 0.1) is 0 Å². The fourth-order valence-electron chi connectivity index (χ4n) is 2.10. The molecule has 0 aromatic carbocycles. The minimum Gasteiger partial charge on any atom is -0.480 e. The van der Waals surface area contributed by atoms with Crippen LogP contribution in [0.3, 0.4) is 0 Å². The first-order valence-electron chi connectivity index (χ1n) is 8.09. The van der Waals surface area contributed by atoms with Crippen molar-refractivity contribution in [2.24, 2.45) is 11.5 Å². The summed E-state index contributed by atoms with van der Waals surface area (Å²) in [6, 6.07) is -2.01. The molecule has 0 heterocycles. The lowest BCUT2D eigenvalue weighted by Crippen LogP contribution is -2.51. The molecule has 0 aromatic rings. The molecule has 0 radical (unpaired) electrons. The first-order chi connectivity index (χ1) is 12.1. The number of hydrogen-bond donors (Lipinski definition) is 9. The smallest absolute Gasteiger partial charge is 0.326 e. The van der Waals surface area contributed by atoms with Crippen LogP contribution in [0.25, 0.3) is 0 Å². The van der Waals surface area contributed by atoms with Gasteiger partial charge >= 0.3 is 5.97 Å². The summed E-state index contributed by atoms with van der Waals surface area (Å²) < 4.78 is 0. The van der Waals surface area contributed by atoms with E-state index in [-0.39, 0.29) is 24.8 Å². The summed E-state index contributed by atoms with van der Waals surface area (Å²) in [6.07, 6.45) is 1.21. The molecular formula is C14H28N8O4. The Morgan fingerprint density at radius 3 is 1.77 bits per heavy atom. The molecule has 12 nitrogen and oxygen atoms in total. The predicted molar refractivity (Wildman–Crippen MR) is 95.5 cm³/mol. The zero-order valence-corrected chi connectivity index (χ0v) is 14.7. The van der Waals surface area contributed by atoms with Crippen LogP contribution in [0, 0.1) is 10.8 Å². The molecule has 0 aromatic heterocycles. The maximum absolute atomic E-state index is 12.3. The van der Waals surface area contributed by atoms with E-state index in [0.29, 0.717) is 25.9 Å². The molecule has 0 bridgehead atoms. The Hall–Kier alpha value is -3.05. The number of aliphatic carboxylic acids is 1. The van der Waals surface area contributed by atoms with Crippen molar-refractivity contribution < 1.29 is 19.5 Å². The van der Waals surface area contributed by atoms with E-state index < -0.39 is 29.9 Å². The summed E-state index contributed by atoms with van der Waals surface area (Å²) in [5, 5.41) is 33.3. The third-order valence-electron chi connectivity index (χ3n) is 3.28. The molecule has 0 spiro atoms. The van der Waals surface area contributed by atoms with Crippen LogP contribution in [0.5, 0.6) is 0 Å². The first-order valence-corrected chi connectivity index (χ1v) is 8.09. The third kappa shape index (κ3) is 11.5. The second-order valence-electron chi connectivity index (χ2n) is 5.62. The van der Waals surface area contributed by atoms with E-state index in [1.165, 1.54) is 6.92 Å². The number of carbonyl (C=O) groups is 3. The van der Waals surface area contributed by atoms with Gasteiger partial charge in [-0.3, -0.25) is 20.4 Å². The molecule has 0 fully saturated rings. The van der Waals surface area contributed by atoms with Crippen LogP contribution in [-0.2, 0) is 14.4 Å². The van der Waals surface area contributed by atoms with Gasteiger partial charge in [0.2, 0.25) is 11.8 Å². The molecule has 0 aliphatic carbocycles. The van der Waals surface area contributed by atoms with E-state index >= 15 is 0 Å². The molecule has 12 heteroatoms. The van der Waals surface area contributed by atoms with Crippen molar-refractivity contribution in [3.05, 3.63) is 0 Å². The Morgan fingerprint density at radius 1 is 0.923 bits per heavy atom. The van der Waals surface area contributed by atoms with Crippen molar-refractivity contribution in [3.8, 4) is 0 Å². The maximum Gasteiger partial charge on any atom is 0.326 e. The van der Waals surface area contributed by atoms with Crippen LogP contribution in [0.4, 0.5) is 0 Å². The molecule has 0 unspecified atom stereocenters. The van der Waals surface area contributed by atoms with Crippen LogP contribution in [-0.4, -0.2) is 60.0 Å². The van der Waals surface area contributed by atoms with Crippen LogP contribution < -0.4 is 32.7 Å². The minimum atomic E-state index is -1.19. The normalized spacial score (nSPS) is 12.3. The van der Waals surface area contributed by atoms with Gasteiger partial charge in [0.15, 0.2) is 11.9 Å². The lowest BCUT2D eigenvalue weighted by Gasteiger charge is -2.21. The van der Waals surface area contributed by atoms with Crippen molar-refractivity contribution in [2.75, 3.05) is 13.1 Å². The Morgan fingerprint density at radius 2 is 1.38 bits per heavy atom. The number of nitrogens with two attached hydrogens (primary N) is 2. The summed E-state index contributed by atoms with van der Waals surface area (Å²) in [5.74, 6) is -2.63. The second-order valence-corrected chi connectivity index (χ2v) is 5.62. The summed E-state index contributed by atoms with van der Waals surface area (Å²) in [5.41, 5.74) is 10.3. The van der Waals surface area contributed by atoms with Crippen molar-refractivity contribution in [1.29, 1.82) is 10.8 Å². The minimum absolute atomic E-state index is 0.139. The number of rotatable bonds is 12. The number of carboxylic acid groups (broad SMARTS) is 1. The number of amides is 2. The van der Waals surface area contributed by atoms with Gasteiger partial charge in [-0.15, -0.1) is 0 Å². The summed E-state index contributed by atoms with van der Waals surface area (Å²) in [4.78, 5) is 34.9. The van der Waals surface area contributed by atoms with Crippen LogP contribution >= 0.6 is 0 Å². The highest BCUT2D eigenvalue weighted by Gasteiger charge is 2.25. The van der Waals surface area contributed by atoms with Crippen LogP contribution in [0.1, 0.15) is 32.6 Å². The van der Waals surface area contributed by atoms with Gasteiger partial charge in [0.1, 0.15) is 12.1 Å². The van der Waals surface area contributed by atoms with Gasteiger partial charge in [0, 0.05) is 20.0 Å². The molecule has 26 heavy (non-hydrogen) atoms. The Bertz CT molecular complexity index is 525. The highest BCUT2D eigenvalue weighted by molar-refractivity contribution is 5.89. The Balaban J connectivity index is 4.62. The first kappa shape index (κ1) is 22.9. The van der Waals surface area contributed by atoms with Crippen molar-refractivity contribution >= 4 is 29.7 Å². The average molecular weight is 372 g/mol. The molecule has 2 amide bonds. The van der Waals surface area contributed by atoms with Gasteiger partial charge in [-0.1, -0.05) is 0 Å².